The van der Waals surface area contributed by atoms with Crippen molar-refractivity contribution >= 4 is 24.4 Å². The van der Waals surface area contributed by atoms with E-state index >= 15 is 0 Å². The van der Waals surface area contributed by atoms with Crippen LogP contribution < -0.4 is 10.6 Å². The first-order chi connectivity index (χ1) is 11.6. The summed E-state index contributed by atoms with van der Waals surface area (Å²) in [5, 5.41) is 5.06. The first-order valence-corrected chi connectivity index (χ1v) is 8.63. The van der Waals surface area contributed by atoms with E-state index in [4.69, 9.17) is 18.9 Å². The van der Waals surface area contributed by atoms with Gasteiger partial charge in [0.2, 0.25) is 11.8 Å². The van der Waals surface area contributed by atoms with Crippen LogP contribution in [-0.4, -0.2) is 83.0 Å². The molecule has 0 aliphatic rings. The van der Waals surface area contributed by atoms with E-state index in [1.807, 2.05) is 6.92 Å². The second kappa shape index (κ2) is 17.0. The maximum atomic E-state index is 11.2. The highest BCUT2D eigenvalue weighted by atomic mass is 32.1. The quantitative estimate of drug-likeness (QED) is 0.255. The maximum absolute atomic E-state index is 11.2. The summed E-state index contributed by atoms with van der Waals surface area (Å²) >= 11 is 4.02. The van der Waals surface area contributed by atoms with Gasteiger partial charge in [-0.25, -0.2) is 0 Å². The lowest BCUT2D eigenvalue weighted by molar-refractivity contribution is -0.125. The molecule has 142 valence electrons. The van der Waals surface area contributed by atoms with Crippen LogP contribution in [0.4, 0.5) is 0 Å². The van der Waals surface area contributed by atoms with Gasteiger partial charge in [0.05, 0.1) is 44.9 Å². The van der Waals surface area contributed by atoms with Crippen LogP contribution in [0.2, 0.25) is 0 Å². The third-order valence-electron chi connectivity index (χ3n) is 2.67. The Morgan fingerprint density at radius 3 is 1.88 bits per heavy atom. The summed E-state index contributed by atoms with van der Waals surface area (Å²) in [7, 11) is 0. The second-order valence-corrected chi connectivity index (χ2v) is 5.57. The van der Waals surface area contributed by atoms with Crippen LogP contribution in [-0.2, 0) is 28.5 Å². The minimum atomic E-state index is -0.314. The van der Waals surface area contributed by atoms with Gasteiger partial charge in [-0.1, -0.05) is 0 Å². The number of thiol groups is 1. The average molecular weight is 366 g/mol. The Kier molecular flexibility index (Phi) is 16.4. The Bertz CT molecular complexity index is 331. The molecule has 0 aliphatic carbocycles. The number of carbonyl (C=O) groups is 2. The molecule has 0 saturated heterocycles. The van der Waals surface area contributed by atoms with Gasteiger partial charge in [0, 0.05) is 19.7 Å². The van der Waals surface area contributed by atoms with Gasteiger partial charge >= 0.3 is 0 Å². The molecule has 0 fully saturated rings. The molecule has 0 radical (unpaired) electrons. The van der Waals surface area contributed by atoms with Crippen molar-refractivity contribution in [2.75, 3.05) is 65.9 Å². The van der Waals surface area contributed by atoms with Crippen LogP contribution in [0, 0.1) is 0 Å². The summed E-state index contributed by atoms with van der Waals surface area (Å²) in [6.07, 6.45) is 0. The van der Waals surface area contributed by atoms with Gasteiger partial charge in [0.15, 0.2) is 0 Å². The van der Waals surface area contributed by atoms with Gasteiger partial charge in [-0.15, -0.1) is 0 Å². The second-order valence-electron chi connectivity index (χ2n) is 4.79. The fraction of sp³-hybridized carbons (Fsp3) is 0.867. The van der Waals surface area contributed by atoms with Crippen molar-refractivity contribution in [2.45, 2.75) is 19.1 Å². The van der Waals surface area contributed by atoms with E-state index in [2.05, 4.69) is 23.3 Å². The zero-order chi connectivity index (χ0) is 18.0. The van der Waals surface area contributed by atoms with E-state index in [0.717, 1.165) is 0 Å². The zero-order valence-corrected chi connectivity index (χ0v) is 15.4. The summed E-state index contributed by atoms with van der Waals surface area (Å²) in [6, 6.07) is 0. The molecule has 8 nitrogen and oxygen atoms in total. The SMILES string of the molecule is CCOCC(=O)NCCOCCOCCOCCNC(=O)C(C)S. The van der Waals surface area contributed by atoms with Crippen LogP contribution >= 0.6 is 12.6 Å². The molecule has 0 aromatic rings. The van der Waals surface area contributed by atoms with Crippen molar-refractivity contribution < 1.29 is 28.5 Å². The number of rotatable bonds is 16. The van der Waals surface area contributed by atoms with Gasteiger partial charge in [0.1, 0.15) is 6.61 Å². The number of nitrogens with one attached hydrogen (secondary N) is 2. The monoisotopic (exact) mass is 366 g/mol. The van der Waals surface area contributed by atoms with Crippen molar-refractivity contribution in [1.82, 2.24) is 10.6 Å². The maximum Gasteiger partial charge on any atom is 0.246 e. The van der Waals surface area contributed by atoms with Gasteiger partial charge in [-0.3, -0.25) is 9.59 Å². The predicted octanol–water partition coefficient (Wildman–Crippen LogP) is -0.377. The van der Waals surface area contributed by atoms with E-state index in [9.17, 15) is 9.59 Å². The molecule has 0 bridgehead atoms. The number of ether oxygens (including phenoxy) is 4. The lowest BCUT2D eigenvalue weighted by Gasteiger charge is -2.09. The molecular weight excluding hydrogens is 336 g/mol. The number of amides is 2. The van der Waals surface area contributed by atoms with E-state index in [1.165, 1.54) is 0 Å². The Morgan fingerprint density at radius 2 is 1.38 bits per heavy atom. The Balaban J connectivity index is 3.15. The lowest BCUT2D eigenvalue weighted by Crippen LogP contribution is -2.32. The van der Waals surface area contributed by atoms with Gasteiger partial charge in [-0.2, -0.15) is 12.6 Å². The molecular formula is C15H30N2O6S. The summed E-state index contributed by atoms with van der Waals surface area (Å²) in [4.78, 5) is 22.4. The van der Waals surface area contributed by atoms with E-state index < -0.39 is 0 Å². The van der Waals surface area contributed by atoms with Gasteiger partial charge < -0.3 is 29.6 Å². The molecule has 2 amide bonds. The van der Waals surface area contributed by atoms with Crippen molar-refractivity contribution in [1.29, 1.82) is 0 Å². The summed E-state index contributed by atoms with van der Waals surface area (Å²) < 4.78 is 20.9. The molecule has 9 heteroatoms. The minimum Gasteiger partial charge on any atom is -0.377 e. The standard InChI is InChI=1S/C15H30N2O6S/c1-3-20-12-14(18)16-4-6-21-8-10-23-11-9-22-7-5-17-15(19)13(2)24/h13,24H,3-12H2,1-2H3,(H,16,18)(H,17,19). The van der Waals surface area contributed by atoms with E-state index in [-0.39, 0.29) is 23.7 Å². The van der Waals surface area contributed by atoms with E-state index in [0.29, 0.717) is 59.3 Å². The molecule has 0 aliphatic heterocycles. The highest BCUT2D eigenvalue weighted by Gasteiger charge is 2.05. The predicted molar refractivity (Wildman–Crippen MR) is 93.4 cm³/mol. The molecule has 1 unspecified atom stereocenters. The third-order valence-corrected chi connectivity index (χ3v) is 2.91. The molecule has 24 heavy (non-hydrogen) atoms. The zero-order valence-electron chi connectivity index (χ0n) is 14.5. The Morgan fingerprint density at radius 1 is 0.875 bits per heavy atom. The van der Waals surface area contributed by atoms with Crippen LogP contribution in [0.15, 0.2) is 0 Å². The molecule has 0 rings (SSSR count). The van der Waals surface area contributed by atoms with E-state index in [1.54, 1.807) is 6.92 Å². The minimum absolute atomic E-state index is 0.0803. The lowest BCUT2D eigenvalue weighted by atomic mass is 10.4. The topological polar surface area (TPSA) is 95.1 Å². The Hall–Kier alpha value is -0.870. The smallest absolute Gasteiger partial charge is 0.246 e. The molecule has 2 N–H and O–H groups in total. The highest BCUT2D eigenvalue weighted by molar-refractivity contribution is 7.81. The molecule has 0 spiro atoms. The number of carbonyl (C=O) groups excluding carboxylic acids is 2. The fourth-order valence-electron chi connectivity index (χ4n) is 1.44. The van der Waals surface area contributed by atoms with Crippen LogP contribution in [0.1, 0.15) is 13.8 Å². The molecule has 0 aromatic carbocycles. The number of hydrogen-bond donors (Lipinski definition) is 3. The summed E-state index contributed by atoms with van der Waals surface area (Å²) in [6.45, 7) is 7.77. The van der Waals surface area contributed by atoms with Crippen LogP contribution in [0.3, 0.4) is 0 Å². The fourth-order valence-corrected chi connectivity index (χ4v) is 1.54. The molecule has 0 heterocycles. The molecule has 0 aromatic heterocycles. The van der Waals surface area contributed by atoms with Crippen LogP contribution in [0.25, 0.3) is 0 Å². The number of hydrogen-bond acceptors (Lipinski definition) is 7. The Labute approximate surface area is 149 Å². The third kappa shape index (κ3) is 16.0. The first-order valence-electron chi connectivity index (χ1n) is 8.11. The van der Waals surface area contributed by atoms with Crippen molar-refractivity contribution in [3.8, 4) is 0 Å². The van der Waals surface area contributed by atoms with Crippen molar-refractivity contribution in [3.05, 3.63) is 0 Å². The van der Waals surface area contributed by atoms with Gasteiger partial charge in [0.25, 0.3) is 0 Å². The average Bonchev–Trinajstić information content (AvgIpc) is 2.56. The summed E-state index contributed by atoms with van der Waals surface area (Å²) in [5.74, 6) is -0.252. The largest absolute Gasteiger partial charge is 0.377 e. The van der Waals surface area contributed by atoms with Crippen LogP contribution in [0.5, 0.6) is 0 Å². The summed E-state index contributed by atoms with van der Waals surface area (Å²) in [5.41, 5.74) is 0. The van der Waals surface area contributed by atoms with Gasteiger partial charge in [-0.05, 0) is 13.8 Å². The highest BCUT2D eigenvalue weighted by Crippen LogP contribution is 1.90. The molecule has 0 saturated carbocycles. The van der Waals surface area contributed by atoms with Crippen molar-refractivity contribution in [3.63, 3.8) is 0 Å². The normalized spacial score (nSPS) is 12.0. The molecule has 1 atom stereocenters. The van der Waals surface area contributed by atoms with Crippen molar-refractivity contribution in [2.24, 2.45) is 0 Å². The first kappa shape index (κ1) is 23.1.